The minimum absolute atomic E-state index is 0.0957. The molecule has 3 atom stereocenters. The zero-order chi connectivity index (χ0) is 14.5. The summed E-state index contributed by atoms with van der Waals surface area (Å²) in [6.45, 7) is 1.75. The summed E-state index contributed by atoms with van der Waals surface area (Å²) in [7, 11) is -3.50. The molecule has 20 heavy (non-hydrogen) atoms. The molecule has 6 heteroatoms. The monoisotopic (exact) mass is 358 g/mol. The van der Waals surface area contributed by atoms with Gasteiger partial charge in [-0.3, -0.25) is 0 Å². The average Bonchev–Trinajstić information content (AvgIpc) is 2.95. The Hall–Kier alpha value is -0.590. The van der Waals surface area contributed by atoms with Crippen molar-refractivity contribution in [2.24, 2.45) is 11.8 Å². The molecule has 0 amide bonds. The van der Waals surface area contributed by atoms with Crippen LogP contribution in [0.3, 0.4) is 0 Å². The molecule has 2 bridgehead atoms. The Labute approximate surface area is 128 Å². The summed E-state index contributed by atoms with van der Waals surface area (Å²) in [6.07, 6.45) is 4.56. The predicted molar refractivity (Wildman–Crippen MR) is 82.8 cm³/mol. The van der Waals surface area contributed by atoms with E-state index in [2.05, 4.69) is 20.7 Å². The van der Waals surface area contributed by atoms with E-state index in [9.17, 15) is 8.42 Å². The molecule has 0 aliphatic heterocycles. The molecule has 2 saturated carbocycles. The van der Waals surface area contributed by atoms with Crippen molar-refractivity contribution in [3.8, 4) is 0 Å². The summed E-state index contributed by atoms with van der Waals surface area (Å²) < 4.78 is 28.8. The van der Waals surface area contributed by atoms with Crippen LogP contribution in [0.4, 0.5) is 5.69 Å². The second-order valence-electron chi connectivity index (χ2n) is 6.02. The van der Waals surface area contributed by atoms with Gasteiger partial charge in [0.05, 0.1) is 4.90 Å². The van der Waals surface area contributed by atoms with Gasteiger partial charge < -0.3 is 5.73 Å². The largest absolute Gasteiger partial charge is 0.398 e. The van der Waals surface area contributed by atoms with E-state index in [0.29, 0.717) is 27.6 Å². The standard InChI is InChI=1S/C14H19BrN2O2S/c1-8-12(16)6-11(15)7-14(8)20(18,19)17-13-5-9-2-3-10(13)4-9/h6-7,9-10,13,17H,2-5,16H2,1H3. The molecule has 0 spiro atoms. The van der Waals surface area contributed by atoms with Crippen LogP contribution in [-0.4, -0.2) is 14.5 Å². The van der Waals surface area contributed by atoms with Gasteiger partial charge in [0, 0.05) is 16.2 Å². The van der Waals surface area contributed by atoms with E-state index in [-0.39, 0.29) is 10.9 Å². The smallest absolute Gasteiger partial charge is 0.241 e. The van der Waals surface area contributed by atoms with Crippen LogP contribution in [0.15, 0.2) is 21.5 Å². The van der Waals surface area contributed by atoms with E-state index in [0.717, 1.165) is 12.8 Å². The van der Waals surface area contributed by atoms with Gasteiger partial charge in [-0.25, -0.2) is 13.1 Å². The minimum Gasteiger partial charge on any atom is -0.398 e. The highest BCUT2D eigenvalue weighted by Gasteiger charge is 2.41. The Morgan fingerprint density at radius 1 is 1.30 bits per heavy atom. The fourth-order valence-corrected chi connectivity index (χ4v) is 5.85. The van der Waals surface area contributed by atoms with Crippen LogP contribution in [0, 0.1) is 18.8 Å². The second kappa shape index (κ2) is 5.00. The van der Waals surface area contributed by atoms with Crippen LogP contribution < -0.4 is 10.5 Å². The first-order valence-electron chi connectivity index (χ1n) is 6.95. The van der Waals surface area contributed by atoms with Crippen LogP contribution in [0.1, 0.15) is 31.2 Å². The first-order chi connectivity index (χ1) is 9.37. The summed E-state index contributed by atoms with van der Waals surface area (Å²) in [4.78, 5) is 0.284. The van der Waals surface area contributed by atoms with Crippen molar-refractivity contribution in [1.82, 2.24) is 4.72 Å². The maximum Gasteiger partial charge on any atom is 0.241 e. The van der Waals surface area contributed by atoms with E-state index in [1.54, 1.807) is 19.1 Å². The Bertz CT molecular complexity index is 645. The molecule has 4 nitrogen and oxygen atoms in total. The number of nitrogens with one attached hydrogen (secondary N) is 1. The van der Waals surface area contributed by atoms with E-state index < -0.39 is 10.0 Å². The van der Waals surface area contributed by atoms with Gasteiger partial charge in [0.1, 0.15) is 0 Å². The third-order valence-corrected chi connectivity index (χ3v) is 6.77. The minimum atomic E-state index is -3.50. The number of hydrogen-bond acceptors (Lipinski definition) is 3. The van der Waals surface area contributed by atoms with Crippen molar-refractivity contribution in [2.75, 3.05) is 5.73 Å². The number of nitrogen functional groups attached to an aromatic ring is 1. The van der Waals surface area contributed by atoms with E-state index in [1.807, 2.05) is 0 Å². The zero-order valence-corrected chi connectivity index (χ0v) is 13.8. The normalized spacial score (nSPS) is 29.0. The van der Waals surface area contributed by atoms with Gasteiger partial charge in [-0.05, 0) is 55.7 Å². The molecule has 2 fully saturated rings. The van der Waals surface area contributed by atoms with Crippen molar-refractivity contribution in [1.29, 1.82) is 0 Å². The fourth-order valence-electron chi connectivity index (χ4n) is 3.61. The molecule has 0 radical (unpaired) electrons. The molecule has 2 aliphatic rings. The summed E-state index contributed by atoms with van der Waals surface area (Å²) in [5, 5.41) is 0. The van der Waals surface area contributed by atoms with Crippen LogP contribution in [0.2, 0.25) is 0 Å². The molecular formula is C14H19BrN2O2S. The lowest BCUT2D eigenvalue weighted by Crippen LogP contribution is -2.38. The van der Waals surface area contributed by atoms with Gasteiger partial charge in [0.2, 0.25) is 10.0 Å². The molecule has 3 rings (SSSR count). The van der Waals surface area contributed by atoms with Crippen molar-refractivity contribution in [3.63, 3.8) is 0 Å². The molecule has 3 N–H and O–H groups in total. The topological polar surface area (TPSA) is 72.2 Å². The van der Waals surface area contributed by atoms with Crippen LogP contribution in [0.25, 0.3) is 0 Å². The van der Waals surface area contributed by atoms with E-state index >= 15 is 0 Å². The first-order valence-corrected chi connectivity index (χ1v) is 9.22. The molecular weight excluding hydrogens is 340 g/mol. The van der Waals surface area contributed by atoms with Gasteiger partial charge in [0.25, 0.3) is 0 Å². The zero-order valence-electron chi connectivity index (χ0n) is 11.4. The lowest BCUT2D eigenvalue weighted by molar-refractivity contribution is 0.390. The summed E-state index contributed by atoms with van der Waals surface area (Å²) in [6, 6.07) is 3.45. The average molecular weight is 359 g/mol. The molecule has 0 aromatic heterocycles. The van der Waals surface area contributed by atoms with Gasteiger partial charge in [0.15, 0.2) is 0 Å². The van der Waals surface area contributed by atoms with Crippen LogP contribution in [0.5, 0.6) is 0 Å². The molecule has 1 aromatic carbocycles. The molecule has 2 aliphatic carbocycles. The van der Waals surface area contributed by atoms with Crippen molar-refractivity contribution < 1.29 is 8.42 Å². The van der Waals surface area contributed by atoms with Crippen LogP contribution >= 0.6 is 15.9 Å². The fraction of sp³-hybridized carbons (Fsp3) is 0.571. The highest BCUT2D eigenvalue weighted by atomic mass is 79.9. The SMILES string of the molecule is Cc1c(N)cc(Br)cc1S(=O)(=O)NC1CC2CCC1C2. The lowest BCUT2D eigenvalue weighted by Gasteiger charge is -2.23. The Balaban J connectivity index is 1.89. The second-order valence-corrected chi connectivity index (χ2v) is 8.62. The molecule has 0 heterocycles. The Morgan fingerprint density at radius 2 is 2.05 bits per heavy atom. The third kappa shape index (κ3) is 2.49. The van der Waals surface area contributed by atoms with Crippen molar-refractivity contribution in [3.05, 3.63) is 22.2 Å². The highest BCUT2D eigenvalue weighted by molar-refractivity contribution is 9.10. The third-order valence-electron chi connectivity index (χ3n) is 4.70. The number of hydrogen-bond donors (Lipinski definition) is 2. The molecule has 3 unspecified atom stereocenters. The number of rotatable bonds is 3. The van der Waals surface area contributed by atoms with Gasteiger partial charge in [-0.2, -0.15) is 0 Å². The van der Waals surface area contributed by atoms with Crippen molar-refractivity contribution in [2.45, 2.75) is 43.5 Å². The van der Waals surface area contributed by atoms with E-state index in [1.165, 1.54) is 12.8 Å². The summed E-state index contributed by atoms with van der Waals surface area (Å²) in [5.41, 5.74) is 6.97. The summed E-state index contributed by atoms with van der Waals surface area (Å²) >= 11 is 3.31. The molecule has 110 valence electrons. The van der Waals surface area contributed by atoms with Gasteiger partial charge >= 0.3 is 0 Å². The lowest BCUT2D eigenvalue weighted by atomic mass is 9.96. The Morgan fingerprint density at radius 3 is 2.65 bits per heavy atom. The van der Waals surface area contributed by atoms with Gasteiger partial charge in [-0.15, -0.1) is 0 Å². The maximum atomic E-state index is 12.6. The van der Waals surface area contributed by atoms with Gasteiger partial charge in [-0.1, -0.05) is 22.4 Å². The highest BCUT2D eigenvalue weighted by Crippen LogP contribution is 2.45. The van der Waals surface area contributed by atoms with Crippen LogP contribution in [-0.2, 0) is 10.0 Å². The number of anilines is 1. The maximum absolute atomic E-state index is 12.6. The molecule has 0 saturated heterocycles. The predicted octanol–water partition coefficient (Wildman–Crippen LogP) is 2.81. The van der Waals surface area contributed by atoms with E-state index in [4.69, 9.17) is 5.73 Å². The molecule has 1 aromatic rings. The number of benzene rings is 1. The Kier molecular flexibility index (Phi) is 3.59. The first kappa shape index (κ1) is 14.4. The quantitative estimate of drug-likeness (QED) is 0.816. The number of sulfonamides is 1. The summed E-state index contributed by atoms with van der Waals surface area (Å²) in [5.74, 6) is 1.22. The van der Waals surface area contributed by atoms with Crippen molar-refractivity contribution >= 4 is 31.6 Å². The number of halogens is 1. The number of nitrogens with two attached hydrogens (primary N) is 1. The number of fused-ring (bicyclic) bond motifs is 2.